The van der Waals surface area contributed by atoms with Gasteiger partial charge in [0.1, 0.15) is 0 Å². The van der Waals surface area contributed by atoms with Gasteiger partial charge in [-0.2, -0.15) is 0 Å². The Morgan fingerprint density at radius 2 is 1.95 bits per heavy atom. The molecule has 0 heterocycles. The summed E-state index contributed by atoms with van der Waals surface area (Å²) in [5, 5.41) is 8.86. The number of ether oxygens (including phenoxy) is 2. The highest BCUT2D eigenvalue weighted by Gasteiger charge is 2.20. The second-order valence-corrected chi connectivity index (χ2v) is 4.70. The van der Waals surface area contributed by atoms with Crippen molar-refractivity contribution >= 4 is 5.97 Å². The smallest absolute Gasteiger partial charge is 0.305 e. The van der Waals surface area contributed by atoms with E-state index in [2.05, 4.69) is 0 Å². The van der Waals surface area contributed by atoms with Gasteiger partial charge in [0.2, 0.25) is 0 Å². The Kier molecular flexibility index (Phi) is 5.18. The largest absolute Gasteiger partial charge is 0.493 e. The summed E-state index contributed by atoms with van der Waals surface area (Å²) < 4.78 is 10.6. The minimum atomic E-state index is -0.941. The molecule has 5 heteroatoms. The van der Waals surface area contributed by atoms with Crippen molar-refractivity contribution in [2.24, 2.45) is 5.73 Å². The molecule has 1 aromatic carbocycles. The van der Waals surface area contributed by atoms with Gasteiger partial charge in [-0.1, -0.05) is 13.8 Å². The molecule has 0 radical (unpaired) electrons. The number of hydrogen-bond donors (Lipinski definition) is 2. The molecule has 1 unspecified atom stereocenters. The third kappa shape index (κ3) is 3.61. The van der Waals surface area contributed by atoms with Crippen LogP contribution in [0, 0.1) is 0 Å². The highest BCUT2D eigenvalue weighted by molar-refractivity contribution is 5.68. The average molecular weight is 267 g/mol. The van der Waals surface area contributed by atoms with Gasteiger partial charge in [0.15, 0.2) is 11.5 Å². The normalized spacial score (nSPS) is 12.3. The van der Waals surface area contributed by atoms with E-state index in [1.165, 1.54) is 7.11 Å². The lowest BCUT2D eigenvalue weighted by Gasteiger charge is -2.19. The summed E-state index contributed by atoms with van der Waals surface area (Å²) in [5.41, 5.74) is 7.64. The molecule has 5 nitrogen and oxygen atoms in total. The van der Waals surface area contributed by atoms with Crippen molar-refractivity contribution in [3.05, 3.63) is 23.3 Å². The standard InChI is InChI=1S/C14H21NO4/c1-8(2)9-5-10(11(15)7-13(16)17)14(19-4)12(6-9)18-3/h5-6,8,11H,7,15H2,1-4H3,(H,16,17). The Bertz CT molecular complexity index is 457. The van der Waals surface area contributed by atoms with Crippen molar-refractivity contribution in [1.82, 2.24) is 0 Å². The minimum Gasteiger partial charge on any atom is -0.493 e. The van der Waals surface area contributed by atoms with Crippen LogP contribution in [-0.2, 0) is 4.79 Å². The lowest BCUT2D eigenvalue weighted by molar-refractivity contribution is -0.137. The van der Waals surface area contributed by atoms with E-state index in [0.29, 0.717) is 17.1 Å². The van der Waals surface area contributed by atoms with Gasteiger partial charge in [0, 0.05) is 11.6 Å². The first-order valence-corrected chi connectivity index (χ1v) is 6.13. The number of benzene rings is 1. The second-order valence-electron chi connectivity index (χ2n) is 4.70. The molecule has 0 fully saturated rings. The summed E-state index contributed by atoms with van der Waals surface area (Å²) in [6.45, 7) is 4.10. The van der Waals surface area contributed by atoms with Crippen molar-refractivity contribution in [1.29, 1.82) is 0 Å². The number of aliphatic carboxylic acids is 1. The zero-order valence-corrected chi connectivity index (χ0v) is 11.8. The van der Waals surface area contributed by atoms with Crippen LogP contribution < -0.4 is 15.2 Å². The molecule has 1 rings (SSSR count). The van der Waals surface area contributed by atoms with Crippen LogP contribution in [0.15, 0.2) is 12.1 Å². The molecule has 0 bridgehead atoms. The van der Waals surface area contributed by atoms with E-state index in [9.17, 15) is 4.79 Å². The number of carboxylic acid groups (broad SMARTS) is 1. The Morgan fingerprint density at radius 1 is 1.32 bits per heavy atom. The molecule has 1 atom stereocenters. The SMILES string of the molecule is COc1cc(C(C)C)cc(C(N)CC(=O)O)c1OC. The van der Waals surface area contributed by atoms with E-state index in [1.807, 2.05) is 26.0 Å². The van der Waals surface area contributed by atoms with Gasteiger partial charge >= 0.3 is 5.97 Å². The fraction of sp³-hybridized carbons (Fsp3) is 0.500. The number of hydrogen-bond acceptors (Lipinski definition) is 4. The van der Waals surface area contributed by atoms with Crippen molar-refractivity contribution in [3.8, 4) is 11.5 Å². The first-order valence-electron chi connectivity index (χ1n) is 6.13. The molecular weight excluding hydrogens is 246 g/mol. The van der Waals surface area contributed by atoms with Crippen LogP contribution in [0.3, 0.4) is 0 Å². The first kappa shape index (κ1) is 15.3. The maximum Gasteiger partial charge on any atom is 0.305 e. The zero-order chi connectivity index (χ0) is 14.6. The number of nitrogens with two attached hydrogens (primary N) is 1. The van der Waals surface area contributed by atoms with Crippen LogP contribution in [0.4, 0.5) is 0 Å². The molecule has 0 aromatic heterocycles. The maximum atomic E-state index is 10.8. The summed E-state index contributed by atoms with van der Waals surface area (Å²) in [6, 6.07) is 3.15. The van der Waals surface area contributed by atoms with E-state index in [4.69, 9.17) is 20.3 Å². The maximum absolute atomic E-state index is 10.8. The third-order valence-electron chi connectivity index (χ3n) is 2.99. The van der Waals surface area contributed by atoms with Gasteiger partial charge in [-0.05, 0) is 23.6 Å². The van der Waals surface area contributed by atoms with E-state index in [0.717, 1.165) is 5.56 Å². The second kappa shape index (κ2) is 6.43. The predicted molar refractivity (Wildman–Crippen MR) is 72.8 cm³/mol. The number of methoxy groups -OCH3 is 2. The van der Waals surface area contributed by atoms with Crippen LogP contribution in [0.25, 0.3) is 0 Å². The third-order valence-corrected chi connectivity index (χ3v) is 2.99. The van der Waals surface area contributed by atoms with Crippen molar-refractivity contribution in [3.63, 3.8) is 0 Å². The minimum absolute atomic E-state index is 0.152. The summed E-state index contributed by atoms with van der Waals surface area (Å²) in [6.07, 6.45) is -0.152. The van der Waals surface area contributed by atoms with Crippen LogP contribution >= 0.6 is 0 Å². The number of rotatable bonds is 6. The zero-order valence-electron chi connectivity index (χ0n) is 11.8. The fourth-order valence-electron chi connectivity index (χ4n) is 1.92. The molecule has 0 saturated carbocycles. The first-order chi connectivity index (χ1) is 8.90. The average Bonchev–Trinajstić information content (AvgIpc) is 2.35. The molecule has 0 spiro atoms. The van der Waals surface area contributed by atoms with Gasteiger partial charge in [-0.3, -0.25) is 4.79 Å². The van der Waals surface area contributed by atoms with Gasteiger partial charge in [-0.15, -0.1) is 0 Å². The van der Waals surface area contributed by atoms with Crippen LogP contribution in [-0.4, -0.2) is 25.3 Å². The molecule has 0 aliphatic rings. The highest BCUT2D eigenvalue weighted by atomic mass is 16.5. The predicted octanol–water partition coefficient (Wildman–Crippen LogP) is 2.30. The Morgan fingerprint density at radius 3 is 2.37 bits per heavy atom. The molecular formula is C14H21NO4. The molecule has 0 aliphatic heterocycles. The quantitative estimate of drug-likeness (QED) is 0.826. The van der Waals surface area contributed by atoms with Gasteiger partial charge in [-0.25, -0.2) is 0 Å². The highest BCUT2D eigenvalue weighted by Crippen LogP contribution is 2.38. The van der Waals surface area contributed by atoms with Crippen LogP contribution in [0.1, 0.15) is 43.4 Å². The number of carbonyl (C=O) groups is 1. The van der Waals surface area contributed by atoms with Gasteiger partial charge in [0.25, 0.3) is 0 Å². The molecule has 106 valence electrons. The monoisotopic (exact) mass is 267 g/mol. The molecule has 1 aromatic rings. The summed E-state index contributed by atoms with van der Waals surface area (Å²) >= 11 is 0. The topological polar surface area (TPSA) is 81.8 Å². The summed E-state index contributed by atoms with van der Waals surface area (Å²) in [4.78, 5) is 10.8. The fourth-order valence-corrected chi connectivity index (χ4v) is 1.92. The molecule has 0 aliphatic carbocycles. The van der Waals surface area contributed by atoms with Crippen molar-refractivity contribution in [2.75, 3.05) is 14.2 Å². The Balaban J connectivity index is 3.32. The molecule has 19 heavy (non-hydrogen) atoms. The molecule has 0 saturated heterocycles. The lowest BCUT2D eigenvalue weighted by atomic mass is 9.95. The van der Waals surface area contributed by atoms with E-state index in [-0.39, 0.29) is 12.3 Å². The van der Waals surface area contributed by atoms with Crippen LogP contribution in [0.5, 0.6) is 11.5 Å². The van der Waals surface area contributed by atoms with Gasteiger partial charge < -0.3 is 20.3 Å². The lowest BCUT2D eigenvalue weighted by Crippen LogP contribution is -2.16. The number of carboxylic acids is 1. The van der Waals surface area contributed by atoms with Crippen molar-refractivity contribution < 1.29 is 19.4 Å². The molecule has 0 amide bonds. The summed E-state index contributed by atoms with van der Waals surface area (Å²) in [7, 11) is 3.07. The van der Waals surface area contributed by atoms with Gasteiger partial charge in [0.05, 0.1) is 20.6 Å². The van der Waals surface area contributed by atoms with E-state index < -0.39 is 12.0 Å². The van der Waals surface area contributed by atoms with Crippen LogP contribution in [0.2, 0.25) is 0 Å². The van der Waals surface area contributed by atoms with E-state index >= 15 is 0 Å². The van der Waals surface area contributed by atoms with E-state index in [1.54, 1.807) is 7.11 Å². The Hall–Kier alpha value is -1.75. The van der Waals surface area contributed by atoms with Crippen molar-refractivity contribution in [2.45, 2.75) is 32.2 Å². The molecule has 3 N–H and O–H groups in total. The Labute approximate surface area is 113 Å². The summed E-state index contributed by atoms with van der Waals surface area (Å²) in [5.74, 6) is 0.421.